The zero-order valence-electron chi connectivity index (χ0n) is 4.64. The Kier molecular flexibility index (Phi) is 3.76. The predicted octanol–water partition coefficient (Wildman–Crippen LogP) is 1.79. The fraction of sp³-hybridized carbons (Fsp3) is 0.143. The van der Waals surface area contributed by atoms with Gasteiger partial charge in [0.25, 0.3) is 0 Å². The molecule has 0 aliphatic heterocycles. The van der Waals surface area contributed by atoms with Gasteiger partial charge >= 0.3 is 0 Å². The minimum Gasteiger partial charge on any atom is -0.184 e. The summed E-state index contributed by atoms with van der Waals surface area (Å²) >= 11 is 0. The number of benzene rings is 1. The molecule has 0 heterocycles. The van der Waals surface area contributed by atoms with Gasteiger partial charge in [0.15, 0.2) is 0 Å². The van der Waals surface area contributed by atoms with Crippen molar-refractivity contribution in [2.24, 2.45) is 0 Å². The van der Waals surface area contributed by atoms with Gasteiger partial charge in [-0.1, -0.05) is 6.92 Å². The largest absolute Gasteiger partial charge is 0.184 e. The molecule has 0 nitrogen and oxygen atoms in total. The summed E-state index contributed by atoms with van der Waals surface area (Å²) in [4.78, 5) is 0. The molecular weight excluding hydrogens is 276 g/mol. The first-order valence-electron chi connectivity index (χ1n) is 2.32. The molecule has 45 valence electrons. The molecule has 0 N–H and O–H groups in total. The van der Waals surface area contributed by atoms with Crippen LogP contribution in [0, 0.1) is 13.0 Å². The van der Waals surface area contributed by atoms with Gasteiger partial charge in [-0.3, -0.25) is 0 Å². The predicted molar refractivity (Wildman–Crippen MR) is 30.0 cm³/mol. The van der Waals surface area contributed by atoms with E-state index in [0.717, 1.165) is 0 Å². The first-order valence-corrected chi connectivity index (χ1v) is 2.32. The Morgan fingerprint density at radius 2 is 1.75 bits per heavy atom. The number of aryl methyl sites for hydroxylation is 1. The molecule has 0 aromatic heterocycles. The van der Waals surface area contributed by atoms with Crippen LogP contribution in [0.2, 0.25) is 0 Å². The molecule has 1 heteroatoms. The van der Waals surface area contributed by atoms with E-state index in [1.54, 1.807) is 0 Å². The fourth-order valence-corrected chi connectivity index (χ4v) is 0.470. The normalized spacial score (nSPS) is 7.62. The molecule has 0 amide bonds. The van der Waals surface area contributed by atoms with Gasteiger partial charge in [-0.05, 0) is 0 Å². The van der Waals surface area contributed by atoms with Crippen molar-refractivity contribution in [3.63, 3.8) is 0 Å². The van der Waals surface area contributed by atoms with E-state index in [0.29, 0.717) is 0 Å². The molecule has 0 aliphatic rings. The van der Waals surface area contributed by atoms with Gasteiger partial charge in [0.2, 0.25) is 0 Å². The molecule has 0 saturated carbocycles. The summed E-state index contributed by atoms with van der Waals surface area (Å²) in [7, 11) is 0. The maximum Gasteiger partial charge on any atom is 0 e. The van der Waals surface area contributed by atoms with Crippen molar-refractivity contribution in [3.05, 3.63) is 35.9 Å². The van der Waals surface area contributed by atoms with Crippen LogP contribution in [-0.2, 0) is 20.1 Å². The van der Waals surface area contributed by atoms with Crippen molar-refractivity contribution in [3.8, 4) is 0 Å². The van der Waals surface area contributed by atoms with Gasteiger partial charge in [-0.2, -0.15) is 35.9 Å². The molecule has 1 rings (SSSR count). The van der Waals surface area contributed by atoms with Crippen LogP contribution in [0.4, 0.5) is 0 Å². The molecule has 1 radical (unpaired) electrons. The summed E-state index contributed by atoms with van der Waals surface area (Å²) in [5.74, 6) is 0. The van der Waals surface area contributed by atoms with Gasteiger partial charge in [-0.15, -0.1) is 0 Å². The summed E-state index contributed by atoms with van der Waals surface area (Å²) in [6.07, 6.45) is 0. The Hall–Kier alpha value is -0.131. The summed E-state index contributed by atoms with van der Waals surface area (Å²) in [6, 6.07) is 10.8. The zero-order chi connectivity index (χ0) is 5.11. The maximum absolute atomic E-state index is 2.93. The van der Waals surface area contributed by atoms with Gasteiger partial charge in [-0.25, -0.2) is 0 Å². The molecule has 0 unspecified atom stereocenters. The van der Waals surface area contributed by atoms with Crippen LogP contribution >= 0.6 is 0 Å². The molecule has 0 fully saturated rings. The fourth-order valence-electron chi connectivity index (χ4n) is 0.470. The SMILES string of the molecule is Cc1cc[c-]cc1.[Ir]. The third kappa shape index (κ3) is 2.25. The summed E-state index contributed by atoms with van der Waals surface area (Å²) in [6.45, 7) is 2.06. The molecule has 1 aromatic carbocycles. The van der Waals surface area contributed by atoms with Crippen LogP contribution in [0.5, 0.6) is 0 Å². The Bertz CT molecular complexity index is 134. The molecule has 0 atom stereocenters. The van der Waals surface area contributed by atoms with E-state index in [1.807, 2.05) is 24.3 Å². The second kappa shape index (κ2) is 3.82. The summed E-state index contributed by atoms with van der Waals surface area (Å²) in [5.41, 5.74) is 1.29. The Morgan fingerprint density at radius 3 is 2.00 bits per heavy atom. The van der Waals surface area contributed by atoms with Crippen LogP contribution in [0.3, 0.4) is 0 Å². The van der Waals surface area contributed by atoms with E-state index < -0.39 is 0 Å². The first kappa shape index (κ1) is 7.87. The molecule has 0 saturated heterocycles. The minimum atomic E-state index is 0. The average molecular weight is 283 g/mol. The summed E-state index contributed by atoms with van der Waals surface area (Å²) < 4.78 is 0. The quantitative estimate of drug-likeness (QED) is 0.637. The van der Waals surface area contributed by atoms with Crippen LogP contribution < -0.4 is 0 Å². The topological polar surface area (TPSA) is 0 Å². The van der Waals surface area contributed by atoms with Crippen molar-refractivity contribution in [2.75, 3.05) is 0 Å². The monoisotopic (exact) mass is 284 g/mol. The van der Waals surface area contributed by atoms with Crippen LogP contribution in [-0.4, -0.2) is 0 Å². The second-order valence-electron chi connectivity index (χ2n) is 1.58. The van der Waals surface area contributed by atoms with E-state index in [1.165, 1.54) is 5.56 Å². The van der Waals surface area contributed by atoms with Gasteiger partial charge in [0.05, 0.1) is 0 Å². The van der Waals surface area contributed by atoms with Crippen molar-refractivity contribution in [2.45, 2.75) is 6.92 Å². The maximum atomic E-state index is 2.93. The molecule has 1 aromatic rings. The molecule has 0 aliphatic carbocycles. The smallest absolute Gasteiger partial charge is 0 e. The van der Waals surface area contributed by atoms with Crippen LogP contribution in [0.15, 0.2) is 24.3 Å². The number of hydrogen-bond donors (Lipinski definition) is 0. The van der Waals surface area contributed by atoms with Gasteiger partial charge in [0, 0.05) is 20.1 Å². The van der Waals surface area contributed by atoms with Crippen LogP contribution in [0.1, 0.15) is 5.56 Å². The van der Waals surface area contributed by atoms with Gasteiger partial charge < -0.3 is 0 Å². The van der Waals surface area contributed by atoms with Crippen molar-refractivity contribution >= 4 is 0 Å². The first-order chi connectivity index (χ1) is 3.39. The van der Waals surface area contributed by atoms with Crippen molar-refractivity contribution in [1.82, 2.24) is 0 Å². The van der Waals surface area contributed by atoms with E-state index in [2.05, 4.69) is 13.0 Å². The Labute approximate surface area is 63.3 Å². The molecule has 8 heavy (non-hydrogen) atoms. The molecule has 0 bridgehead atoms. The third-order valence-electron chi connectivity index (χ3n) is 0.885. The number of hydrogen-bond acceptors (Lipinski definition) is 0. The average Bonchev–Trinajstić information content (AvgIpc) is 1.69. The standard InChI is InChI=1S/C7H7.Ir/c1-7-5-3-2-4-6-7;/h3-6H,1H3;/q-1;. The van der Waals surface area contributed by atoms with E-state index in [-0.39, 0.29) is 20.1 Å². The van der Waals surface area contributed by atoms with Crippen LogP contribution in [0.25, 0.3) is 0 Å². The molecular formula is C7H7Ir-. The summed E-state index contributed by atoms with van der Waals surface area (Å²) in [5, 5.41) is 0. The van der Waals surface area contributed by atoms with E-state index in [9.17, 15) is 0 Å². The second-order valence-corrected chi connectivity index (χ2v) is 1.58. The van der Waals surface area contributed by atoms with Crippen molar-refractivity contribution < 1.29 is 20.1 Å². The molecule has 0 spiro atoms. The number of rotatable bonds is 0. The van der Waals surface area contributed by atoms with Crippen molar-refractivity contribution in [1.29, 1.82) is 0 Å². The Balaban J connectivity index is 0.000000490. The zero-order valence-corrected chi connectivity index (χ0v) is 7.04. The van der Waals surface area contributed by atoms with E-state index in [4.69, 9.17) is 0 Å². The third-order valence-corrected chi connectivity index (χ3v) is 0.885. The van der Waals surface area contributed by atoms with E-state index >= 15 is 0 Å². The minimum absolute atomic E-state index is 0. The van der Waals surface area contributed by atoms with Gasteiger partial charge in [0.1, 0.15) is 0 Å². The Morgan fingerprint density at radius 1 is 1.25 bits per heavy atom.